The number of hydrogen-bond donors (Lipinski definition) is 1. The van der Waals surface area contributed by atoms with Gasteiger partial charge in [0.2, 0.25) is 0 Å². The van der Waals surface area contributed by atoms with E-state index in [1.165, 1.54) is 6.07 Å². The third-order valence-corrected chi connectivity index (χ3v) is 3.01. The van der Waals surface area contributed by atoms with Gasteiger partial charge in [-0.25, -0.2) is 8.78 Å². The molecule has 1 aliphatic rings. The summed E-state index contributed by atoms with van der Waals surface area (Å²) in [5.74, 6) is -2.18. The number of rotatable bonds is 1. The van der Waals surface area contributed by atoms with Crippen LogP contribution < -0.4 is 5.32 Å². The van der Waals surface area contributed by atoms with Crippen LogP contribution in [0.5, 0.6) is 0 Å². The third-order valence-electron chi connectivity index (χ3n) is 3.01. The normalized spacial score (nSPS) is 22.8. The van der Waals surface area contributed by atoms with Gasteiger partial charge >= 0.3 is 0 Å². The molecule has 1 amide bonds. The standard InChI is InChI=1S/C13H16F2N2O.ClH/c1-8-6-17(7-9(2)16-8)13(18)10-3-4-11(14)12(15)5-10;/h3-5,8-9,16H,6-7H2,1-2H3;1H. The van der Waals surface area contributed by atoms with Crippen LogP contribution in [-0.4, -0.2) is 36.0 Å². The summed E-state index contributed by atoms with van der Waals surface area (Å²) in [6.07, 6.45) is 0. The summed E-state index contributed by atoms with van der Waals surface area (Å²) in [4.78, 5) is 13.8. The molecule has 0 aliphatic carbocycles. The minimum atomic E-state index is -0.989. The summed E-state index contributed by atoms with van der Waals surface area (Å²) in [6.45, 7) is 5.12. The lowest BCUT2D eigenvalue weighted by Crippen LogP contribution is -2.55. The minimum absolute atomic E-state index is 0. The number of nitrogens with zero attached hydrogens (tertiary/aromatic N) is 1. The predicted octanol–water partition coefficient (Wildman–Crippen LogP) is 2.21. The number of carbonyl (C=O) groups is 1. The van der Waals surface area contributed by atoms with E-state index < -0.39 is 11.6 Å². The van der Waals surface area contributed by atoms with Gasteiger partial charge in [0, 0.05) is 30.7 Å². The molecule has 1 N–H and O–H groups in total. The molecule has 106 valence electrons. The Morgan fingerprint density at radius 1 is 1.21 bits per heavy atom. The first-order valence-corrected chi connectivity index (χ1v) is 5.97. The van der Waals surface area contributed by atoms with Crippen LogP contribution in [0.25, 0.3) is 0 Å². The van der Waals surface area contributed by atoms with E-state index in [9.17, 15) is 13.6 Å². The maximum Gasteiger partial charge on any atom is 0.254 e. The molecule has 0 spiro atoms. The molecule has 1 fully saturated rings. The quantitative estimate of drug-likeness (QED) is 0.860. The van der Waals surface area contributed by atoms with Crippen LogP contribution in [0.15, 0.2) is 18.2 Å². The average Bonchev–Trinajstić information content (AvgIpc) is 2.30. The molecule has 1 aliphatic heterocycles. The highest BCUT2D eigenvalue weighted by molar-refractivity contribution is 5.94. The Labute approximate surface area is 117 Å². The van der Waals surface area contributed by atoms with E-state index in [2.05, 4.69) is 5.32 Å². The highest BCUT2D eigenvalue weighted by Crippen LogP contribution is 2.13. The molecule has 19 heavy (non-hydrogen) atoms. The lowest BCUT2D eigenvalue weighted by molar-refractivity contribution is 0.0673. The molecule has 1 saturated heterocycles. The Hall–Kier alpha value is -1.20. The van der Waals surface area contributed by atoms with Gasteiger partial charge in [0.1, 0.15) is 0 Å². The monoisotopic (exact) mass is 290 g/mol. The second-order valence-corrected chi connectivity index (χ2v) is 4.81. The summed E-state index contributed by atoms with van der Waals surface area (Å²) < 4.78 is 25.9. The maximum atomic E-state index is 13.1. The molecule has 1 heterocycles. The Kier molecular flexibility index (Phi) is 5.26. The number of amides is 1. The minimum Gasteiger partial charge on any atom is -0.336 e. The molecular weight excluding hydrogens is 274 g/mol. The Morgan fingerprint density at radius 2 is 1.79 bits per heavy atom. The van der Waals surface area contributed by atoms with Crippen LogP contribution in [0.3, 0.4) is 0 Å². The highest BCUT2D eigenvalue weighted by Gasteiger charge is 2.25. The molecular formula is C13H17ClF2N2O. The van der Waals surface area contributed by atoms with Crippen LogP contribution in [0.4, 0.5) is 8.78 Å². The fraction of sp³-hybridized carbons (Fsp3) is 0.462. The molecule has 2 atom stereocenters. The van der Waals surface area contributed by atoms with Crippen molar-refractivity contribution in [3.8, 4) is 0 Å². The molecule has 0 bridgehead atoms. The van der Waals surface area contributed by atoms with Crippen molar-refractivity contribution in [1.82, 2.24) is 10.2 Å². The first-order chi connectivity index (χ1) is 8.47. The van der Waals surface area contributed by atoms with Gasteiger partial charge in [-0.3, -0.25) is 4.79 Å². The second kappa shape index (κ2) is 6.30. The zero-order chi connectivity index (χ0) is 13.3. The number of halogens is 3. The largest absolute Gasteiger partial charge is 0.336 e. The molecule has 6 heteroatoms. The molecule has 0 aromatic heterocycles. The van der Waals surface area contributed by atoms with Gasteiger partial charge in [-0.15, -0.1) is 12.4 Å². The van der Waals surface area contributed by atoms with Crippen LogP contribution in [0, 0.1) is 11.6 Å². The lowest BCUT2D eigenvalue weighted by atomic mass is 10.1. The fourth-order valence-corrected chi connectivity index (χ4v) is 2.30. The van der Waals surface area contributed by atoms with Gasteiger partial charge < -0.3 is 10.2 Å². The van der Waals surface area contributed by atoms with Crippen molar-refractivity contribution in [2.24, 2.45) is 0 Å². The maximum absolute atomic E-state index is 13.1. The van der Waals surface area contributed by atoms with E-state index in [1.807, 2.05) is 13.8 Å². The summed E-state index contributed by atoms with van der Waals surface area (Å²) in [7, 11) is 0. The molecule has 0 saturated carbocycles. The van der Waals surface area contributed by atoms with Crippen molar-refractivity contribution < 1.29 is 13.6 Å². The SMILES string of the molecule is CC1CN(C(=O)c2ccc(F)c(F)c2)CC(C)N1.Cl. The number of carbonyl (C=O) groups excluding carboxylic acids is 1. The number of piperazine rings is 1. The third kappa shape index (κ3) is 3.64. The lowest BCUT2D eigenvalue weighted by Gasteiger charge is -2.36. The first kappa shape index (κ1) is 15.9. The van der Waals surface area contributed by atoms with Crippen LogP contribution >= 0.6 is 12.4 Å². The smallest absolute Gasteiger partial charge is 0.254 e. The first-order valence-electron chi connectivity index (χ1n) is 5.97. The van der Waals surface area contributed by atoms with Gasteiger partial charge in [-0.1, -0.05) is 0 Å². The van der Waals surface area contributed by atoms with Crippen LogP contribution in [0.1, 0.15) is 24.2 Å². The number of benzene rings is 1. The highest BCUT2D eigenvalue weighted by atomic mass is 35.5. The topological polar surface area (TPSA) is 32.3 Å². The Bertz CT molecular complexity index is 460. The van der Waals surface area contributed by atoms with Crippen molar-refractivity contribution in [2.45, 2.75) is 25.9 Å². The van der Waals surface area contributed by atoms with Crippen molar-refractivity contribution in [3.63, 3.8) is 0 Å². The fourth-order valence-electron chi connectivity index (χ4n) is 2.30. The molecule has 1 aromatic rings. The van der Waals surface area contributed by atoms with E-state index >= 15 is 0 Å². The molecule has 2 unspecified atom stereocenters. The van der Waals surface area contributed by atoms with Crippen molar-refractivity contribution in [1.29, 1.82) is 0 Å². The van der Waals surface area contributed by atoms with E-state index in [4.69, 9.17) is 0 Å². The van der Waals surface area contributed by atoms with E-state index in [1.54, 1.807) is 4.90 Å². The molecule has 1 aromatic carbocycles. The van der Waals surface area contributed by atoms with E-state index in [-0.39, 0.29) is 36.0 Å². The van der Waals surface area contributed by atoms with Crippen molar-refractivity contribution in [3.05, 3.63) is 35.4 Å². The van der Waals surface area contributed by atoms with Gasteiger partial charge in [0.15, 0.2) is 11.6 Å². The van der Waals surface area contributed by atoms with E-state index in [0.29, 0.717) is 13.1 Å². The summed E-state index contributed by atoms with van der Waals surface area (Å²) in [6, 6.07) is 3.65. The van der Waals surface area contributed by atoms with Crippen molar-refractivity contribution in [2.75, 3.05) is 13.1 Å². The number of nitrogens with one attached hydrogen (secondary N) is 1. The zero-order valence-electron chi connectivity index (χ0n) is 10.8. The van der Waals surface area contributed by atoms with Gasteiger partial charge in [0.05, 0.1) is 0 Å². The average molecular weight is 291 g/mol. The van der Waals surface area contributed by atoms with Gasteiger partial charge in [-0.05, 0) is 32.0 Å². The predicted molar refractivity (Wildman–Crippen MR) is 71.6 cm³/mol. The van der Waals surface area contributed by atoms with Gasteiger partial charge in [0.25, 0.3) is 5.91 Å². The molecule has 2 rings (SSSR count). The molecule has 3 nitrogen and oxygen atoms in total. The van der Waals surface area contributed by atoms with Crippen LogP contribution in [-0.2, 0) is 0 Å². The van der Waals surface area contributed by atoms with Crippen molar-refractivity contribution >= 4 is 18.3 Å². The Morgan fingerprint density at radius 3 is 2.32 bits per heavy atom. The number of hydrogen-bond acceptors (Lipinski definition) is 2. The van der Waals surface area contributed by atoms with Crippen LogP contribution in [0.2, 0.25) is 0 Å². The summed E-state index contributed by atoms with van der Waals surface area (Å²) in [5.41, 5.74) is 0.190. The summed E-state index contributed by atoms with van der Waals surface area (Å²) >= 11 is 0. The summed E-state index contributed by atoms with van der Waals surface area (Å²) in [5, 5.41) is 3.31. The Balaban J connectivity index is 0.00000180. The second-order valence-electron chi connectivity index (χ2n) is 4.81. The van der Waals surface area contributed by atoms with Gasteiger partial charge in [-0.2, -0.15) is 0 Å². The van der Waals surface area contributed by atoms with E-state index in [0.717, 1.165) is 12.1 Å². The molecule has 0 radical (unpaired) electrons. The zero-order valence-corrected chi connectivity index (χ0v) is 11.6.